The second kappa shape index (κ2) is 5.83. The standard InChI is InChI=1S/C14H10FNO3S/c1-9(17)10-6-7-13(11(15)8-10)20-14-5-3-2-4-12(14)16(18)19/h2-8H,1H3. The molecule has 102 valence electrons. The smallest absolute Gasteiger partial charge is 0.283 e. The molecular weight excluding hydrogens is 281 g/mol. The Balaban J connectivity index is 2.36. The van der Waals surface area contributed by atoms with Crippen LogP contribution in [0.15, 0.2) is 52.3 Å². The minimum absolute atomic E-state index is 0.0763. The third kappa shape index (κ3) is 3.03. The van der Waals surface area contributed by atoms with E-state index in [4.69, 9.17) is 0 Å². The fourth-order valence-electron chi connectivity index (χ4n) is 1.62. The van der Waals surface area contributed by atoms with E-state index >= 15 is 0 Å². The van der Waals surface area contributed by atoms with E-state index in [9.17, 15) is 19.3 Å². The van der Waals surface area contributed by atoms with Gasteiger partial charge in [0.1, 0.15) is 5.82 Å². The molecule has 2 aromatic carbocycles. The van der Waals surface area contributed by atoms with Crippen LogP contribution < -0.4 is 0 Å². The Bertz CT molecular complexity index is 688. The molecule has 0 aliphatic carbocycles. The zero-order valence-corrected chi connectivity index (χ0v) is 11.3. The number of halogens is 1. The highest BCUT2D eigenvalue weighted by Gasteiger charge is 2.15. The van der Waals surface area contributed by atoms with E-state index in [1.54, 1.807) is 18.2 Å². The maximum Gasteiger partial charge on any atom is 0.283 e. The number of rotatable bonds is 4. The molecule has 0 amide bonds. The van der Waals surface area contributed by atoms with Crippen molar-refractivity contribution in [1.82, 2.24) is 0 Å². The second-order valence-corrected chi connectivity index (χ2v) is 5.11. The zero-order chi connectivity index (χ0) is 14.7. The lowest BCUT2D eigenvalue weighted by atomic mass is 10.1. The quantitative estimate of drug-likeness (QED) is 0.483. The van der Waals surface area contributed by atoms with Gasteiger partial charge in [-0.15, -0.1) is 0 Å². The van der Waals surface area contributed by atoms with Gasteiger partial charge in [0.2, 0.25) is 0 Å². The molecule has 2 aromatic rings. The maximum absolute atomic E-state index is 13.9. The number of benzene rings is 2. The van der Waals surface area contributed by atoms with Gasteiger partial charge in [0.05, 0.1) is 9.82 Å². The Hall–Kier alpha value is -2.21. The summed E-state index contributed by atoms with van der Waals surface area (Å²) in [5.74, 6) is -0.799. The van der Waals surface area contributed by atoms with Crippen LogP contribution >= 0.6 is 11.8 Å². The first kappa shape index (κ1) is 14.2. The van der Waals surface area contributed by atoms with Gasteiger partial charge in [-0.2, -0.15) is 0 Å². The molecule has 4 nitrogen and oxygen atoms in total. The first-order valence-corrected chi connectivity index (χ1v) is 6.52. The molecule has 0 atom stereocenters. The first-order chi connectivity index (χ1) is 9.49. The molecular formula is C14H10FNO3S. The minimum atomic E-state index is -0.569. The van der Waals surface area contributed by atoms with Gasteiger partial charge in [0.15, 0.2) is 5.78 Å². The highest BCUT2D eigenvalue weighted by Crippen LogP contribution is 2.35. The summed E-state index contributed by atoms with van der Waals surface area (Å²) >= 11 is 0.962. The van der Waals surface area contributed by atoms with Crippen molar-refractivity contribution in [3.05, 3.63) is 64.0 Å². The van der Waals surface area contributed by atoms with Crippen LogP contribution in [0.2, 0.25) is 0 Å². The highest BCUT2D eigenvalue weighted by molar-refractivity contribution is 7.99. The van der Waals surface area contributed by atoms with E-state index in [0.29, 0.717) is 4.90 Å². The van der Waals surface area contributed by atoms with Gasteiger partial charge in [-0.25, -0.2) is 4.39 Å². The van der Waals surface area contributed by atoms with Crippen molar-refractivity contribution in [2.24, 2.45) is 0 Å². The number of carbonyl (C=O) groups is 1. The van der Waals surface area contributed by atoms with Crippen LogP contribution in [0.4, 0.5) is 10.1 Å². The fraction of sp³-hybridized carbons (Fsp3) is 0.0714. The molecule has 0 N–H and O–H groups in total. The summed E-state index contributed by atoms with van der Waals surface area (Å²) in [6, 6.07) is 10.2. The molecule has 0 radical (unpaired) electrons. The number of ketones is 1. The van der Waals surface area contributed by atoms with Gasteiger partial charge < -0.3 is 0 Å². The number of nitro benzene ring substituents is 1. The van der Waals surface area contributed by atoms with Gasteiger partial charge in [-0.05, 0) is 25.1 Å². The molecule has 0 heterocycles. The van der Waals surface area contributed by atoms with Gasteiger partial charge in [0.25, 0.3) is 5.69 Å². The lowest BCUT2D eigenvalue weighted by Gasteiger charge is -2.05. The Morgan fingerprint density at radius 3 is 2.50 bits per heavy atom. The molecule has 0 fully saturated rings. The van der Waals surface area contributed by atoms with Crippen LogP contribution in [-0.2, 0) is 0 Å². The monoisotopic (exact) mass is 291 g/mol. The summed E-state index contributed by atoms with van der Waals surface area (Å²) in [4.78, 5) is 22.1. The van der Waals surface area contributed by atoms with E-state index in [2.05, 4.69) is 0 Å². The zero-order valence-electron chi connectivity index (χ0n) is 10.5. The lowest BCUT2D eigenvalue weighted by molar-refractivity contribution is -0.387. The van der Waals surface area contributed by atoms with Crippen molar-refractivity contribution in [3.63, 3.8) is 0 Å². The molecule has 6 heteroatoms. The molecule has 0 saturated heterocycles. The van der Waals surface area contributed by atoms with Gasteiger partial charge in [-0.1, -0.05) is 30.0 Å². The van der Waals surface area contributed by atoms with Crippen LogP contribution in [0.5, 0.6) is 0 Å². The van der Waals surface area contributed by atoms with Crippen LogP contribution in [-0.4, -0.2) is 10.7 Å². The minimum Gasteiger partial charge on any atom is -0.295 e. The molecule has 2 rings (SSSR count). The average Bonchev–Trinajstić information content (AvgIpc) is 2.41. The molecule has 0 aliphatic rings. The first-order valence-electron chi connectivity index (χ1n) is 5.71. The number of hydrogen-bond acceptors (Lipinski definition) is 4. The predicted molar refractivity (Wildman–Crippen MR) is 73.6 cm³/mol. The molecule has 0 unspecified atom stereocenters. The third-order valence-electron chi connectivity index (χ3n) is 2.62. The van der Waals surface area contributed by atoms with E-state index < -0.39 is 10.7 Å². The Labute approximate surface area is 118 Å². The Morgan fingerprint density at radius 2 is 1.90 bits per heavy atom. The largest absolute Gasteiger partial charge is 0.295 e. The predicted octanol–water partition coefficient (Wildman–Crippen LogP) is 4.09. The van der Waals surface area contributed by atoms with Crippen molar-refractivity contribution in [2.45, 2.75) is 16.7 Å². The van der Waals surface area contributed by atoms with Crippen LogP contribution in [0.25, 0.3) is 0 Å². The van der Waals surface area contributed by atoms with E-state index in [1.807, 2.05) is 0 Å². The van der Waals surface area contributed by atoms with Gasteiger partial charge in [-0.3, -0.25) is 14.9 Å². The second-order valence-electron chi connectivity index (χ2n) is 4.03. The number of carbonyl (C=O) groups excluding carboxylic acids is 1. The van der Waals surface area contributed by atoms with Crippen molar-refractivity contribution < 1.29 is 14.1 Å². The summed E-state index contributed by atoms with van der Waals surface area (Å²) in [5.41, 5.74) is 0.196. The summed E-state index contributed by atoms with van der Waals surface area (Å²) in [5, 5.41) is 10.9. The molecule has 0 saturated carbocycles. The summed E-state index contributed by atoms with van der Waals surface area (Å²) in [6.45, 7) is 1.35. The van der Waals surface area contributed by atoms with E-state index in [-0.39, 0.29) is 21.9 Å². The van der Waals surface area contributed by atoms with Crippen molar-refractivity contribution in [2.75, 3.05) is 0 Å². The van der Waals surface area contributed by atoms with Crippen molar-refractivity contribution in [1.29, 1.82) is 0 Å². The summed E-state index contributed by atoms with van der Waals surface area (Å²) in [6.07, 6.45) is 0. The molecule has 0 aromatic heterocycles. The maximum atomic E-state index is 13.9. The molecule has 0 aliphatic heterocycles. The van der Waals surface area contributed by atoms with Crippen LogP contribution in [0, 0.1) is 15.9 Å². The molecule has 20 heavy (non-hydrogen) atoms. The number of nitro groups is 1. The van der Waals surface area contributed by atoms with Crippen LogP contribution in [0.1, 0.15) is 17.3 Å². The number of Topliss-reactive ketones (excluding diaryl/α,β-unsaturated/α-hetero) is 1. The van der Waals surface area contributed by atoms with Gasteiger partial charge in [0, 0.05) is 16.5 Å². The normalized spacial score (nSPS) is 10.3. The molecule has 0 spiro atoms. The van der Waals surface area contributed by atoms with E-state index in [0.717, 1.165) is 17.8 Å². The van der Waals surface area contributed by atoms with Crippen molar-refractivity contribution >= 4 is 23.2 Å². The van der Waals surface area contributed by atoms with Crippen molar-refractivity contribution in [3.8, 4) is 0 Å². The average molecular weight is 291 g/mol. The number of nitrogens with zero attached hydrogens (tertiary/aromatic N) is 1. The van der Waals surface area contributed by atoms with Gasteiger partial charge >= 0.3 is 0 Å². The summed E-state index contributed by atoms with van der Waals surface area (Å²) in [7, 11) is 0. The van der Waals surface area contributed by atoms with E-state index in [1.165, 1.54) is 25.1 Å². The molecule has 0 bridgehead atoms. The Kier molecular flexibility index (Phi) is 4.14. The fourth-order valence-corrected chi connectivity index (χ4v) is 2.54. The van der Waals surface area contributed by atoms with Crippen LogP contribution in [0.3, 0.4) is 0 Å². The summed E-state index contributed by atoms with van der Waals surface area (Å²) < 4.78 is 13.9. The third-order valence-corrected chi connectivity index (χ3v) is 3.74. The number of hydrogen-bond donors (Lipinski definition) is 0. The topological polar surface area (TPSA) is 60.2 Å². The number of para-hydroxylation sites is 1. The SMILES string of the molecule is CC(=O)c1ccc(Sc2ccccc2[N+](=O)[O-])c(F)c1. The lowest BCUT2D eigenvalue weighted by Crippen LogP contribution is -1.94. The Morgan fingerprint density at radius 1 is 1.20 bits per heavy atom. The highest BCUT2D eigenvalue weighted by atomic mass is 32.2.